The molecule has 2 aliphatic heterocycles. The molecule has 5 aliphatic rings. The maximum Gasteiger partial charge on any atom is 0.226 e. The molecule has 6 heteroatoms. The van der Waals surface area contributed by atoms with Crippen LogP contribution in [0.1, 0.15) is 25.7 Å². The van der Waals surface area contributed by atoms with Gasteiger partial charge in [-0.25, -0.2) is 0 Å². The predicted octanol–water partition coefficient (Wildman–Crippen LogP) is 0.756. The number of rotatable bonds is 2. The van der Waals surface area contributed by atoms with Crippen LogP contribution in [0.2, 0.25) is 0 Å². The first kappa shape index (κ1) is 16.3. The minimum Gasteiger partial charge on any atom is -0.378 e. The number of nitrogens with zero attached hydrogens (tertiary/aromatic N) is 2. The lowest BCUT2D eigenvalue weighted by Crippen LogP contribution is -2.57. The summed E-state index contributed by atoms with van der Waals surface area (Å²) in [4.78, 5) is 30.3. The highest BCUT2D eigenvalue weighted by atomic mass is 16.5. The van der Waals surface area contributed by atoms with E-state index in [0.717, 1.165) is 25.7 Å². The summed E-state index contributed by atoms with van der Waals surface area (Å²) >= 11 is 0. The van der Waals surface area contributed by atoms with Gasteiger partial charge in [-0.05, 0) is 37.5 Å². The van der Waals surface area contributed by atoms with E-state index in [2.05, 4.69) is 0 Å². The molecule has 2 bridgehead atoms. The topological polar surface area (TPSA) is 59.1 Å². The van der Waals surface area contributed by atoms with Crippen LogP contribution >= 0.6 is 0 Å². The molecular weight excluding hydrogens is 308 g/mol. The van der Waals surface area contributed by atoms with Crippen LogP contribution in [0.5, 0.6) is 0 Å². The lowest BCUT2D eigenvalue weighted by molar-refractivity contribution is -0.162. The van der Waals surface area contributed by atoms with Gasteiger partial charge in [0.15, 0.2) is 0 Å². The largest absolute Gasteiger partial charge is 0.378 e. The Morgan fingerprint density at radius 2 is 0.958 bits per heavy atom. The molecule has 3 saturated carbocycles. The van der Waals surface area contributed by atoms with Gasteiger partial charge < -0.3 is 19.3 Å². The molecule has 0 aromatic carbocycles. The average molecular weight is 336 g/mol. The molecule has 2 amide bonds. The van der Waals surface area contributed by atoms with Gasteiger partial charge >= 0.3 is 0 Å². The van der Waals surface area contributed by atoms with E-state index in [4.69, 9.17) is 9.47 Å². The molecule has 0 aromatic heterocycles. The number of carbonyl (C=O) groups is 2. The van der Waals surface area contributed by atoms with E-state index in [-0.39, 0.29) is 23.7 Å². The summed E-state index contributed by atoms with van der Waals surface area (Å²) in [6.07, 6.45) is 4.44. The highest BCUT2D eigenvalue weighted by molar-refractivity contribution is 5.89. The monoisotopic (exact) mass is 336 g/mol. The Balaban J connectivity index is 1.54. The fraction of sp³-hybridized carbons (Fsp3) is 0.889. The van der Waals surface area contributed by atoms with E-state index in [9.17, 15) is 9.59 Å². The van der Waals surface area contributed by atoms with Crippen LogP contribution in [0.4, 0.5) is 0 Å². The first-order chi connectivity index (χ1) is 11.8. The Morgan fingerprint density at radius 3 is 1.29 bits per heavy atom. The summed E-state index contributed by atoms with van der Waals surface area (Å²) in [7, 11) is 0. The third kappa shape index (κ3) is 2.94. The first-order valence-electron chi connectivity index (χ1n) is 9.49. The van der Waals surface area contributed by atoms with Gasteiger partial charge in [0.1, 0.15) is 0 Å². The van der Waals surface area contributed by atoms with E-state index < -0.39 is 0 Å². The average Bonchev–Trinajstić information content (AvgIpc) is 2.68. The van der Waals surface area contributed by atoms with Gasteiger partial charge in [-0.15, -0.1) is 0 Å². The SMILES string of the molecule is O=C([C@@H]1C2CCC(CC2)[C@H]1C(=O)N1CCOCC1)N1CCOCC1. The molecule has 0 spiro atoms. The third-order valence-corrected chi connectivity index (χ3v) is 6.43. The van der Waals surface area contributed by atoms with Crippen LogP contribution in [0.15, 0.2) is 0 Å². The van der Waals surface area contributed by atoms with Gasteiger partial charge in [0.05, 0.1) is 38.3 Å². The second-order valence-corrected chi connectivity index (χ2v) is 7.60. The van der Waals surface area contributed by atoms with Crippen molar-refractivity contribution in [3.05, 3.63) is 0 Å². The van der Waals surface area contributed by atoms with Crippen molar-refractivity contribution >= 4 is 11.8 Å². The third-order valence-electron chi connectivity index (χ3n) is 6.43. The van der Waals surface area contributed by atoms with Crippen LogP contribution in [0, 0.1) is 23.7 Å². The second kappa shape index (κ2) is 7.00. The molecule has 24 heavy (non-hydrogen) atoms. The number of ether oxygens (including phenoxy) is 2. The van der Waals surface area contributed by atoms with Crippen LogP contribution in [-0.4, -0.2) is 74.2 Å². The van der Waals surface area contributed by atoms with Gasteiger partial charge in [-0.1, -0.05) is 0 Å². The number of hydrogen-bond donors (Lipinski definition) is 0. The highest BCUT2D eigenvalue weighted by Gasteiger charge is 2.52. The Kier molecular flexibility index (Phi) is 4.77. The van der Waals surface area contributed by atoms with Crippen LogP contribution < -0.4 is 0 Å². The van der Waals surface area contributed by atoms with Gasteiger partial charge in [-0.3, -0.25) is 9.59 Å². The summed E-state index contributed by atoms with van der Waals surface area (Å²) < 4.78 is 10.8. The van der Waals surface area contributed by atoms with E-state index >= 15 is 0 Å². The molecule has 134 valence electrons. The van der Waals surface area contributed by atoms with Crippen molar-refractivity contribution in [1.29, 1.82) is 0 Å². The Morgan fingerprint density at radius 1 is 0.625 bits per heavy atom. The number of amides is 2. The van der Waals surface area contributed by atoms with Gasteiger partial charge in [0.25, 0.3) is 0 Å². The standard InChI is InChI=1S/C18H28N2O4/c21-17(19-5-9-23-10-6-19)15-13-1-2-14(4-3-13)16(15)18(22)20-7-11-24-12-8-20/h13-16H,1-12H2/t13?,14?,15-,16-/m1/s1. The molecule has 6 nitrogen and oxygen atoms in total. The quantitative estimate of drug-likeness (QED) is 0.747. The van der Waals surface area contributed by atoms with E-state index in [1.54, 1.807) is 0 Å². The fourth-order valence-electron chi connectivity index (χ4n) is 5.15. The fourth-order valence-corrected chi connectivity index (χ4v) is 5.15. The number of hydrogen-bond acceptors (Lipinski definition) is 4. The highest BCUT2D eigenvalue weighted by Crippen LogP contribution is 2.50. The molecule has 0 radical (unpaired) electrons. The minimum absolute atomic E-state index is 0.106. The molecule has 3 aliphatic carbocycles. The summed E-state index contributed by atoms with van der Waals surface area (Å²) in [6.45, 7) is 5.17. The Bertz CT molecular complexity index is 433. The van der Waals surface area contributed by atoms with Gasteiger partial charge in [-0.2, -0.15) is 0 Å². The molecular formula is C18H28N2O4. The van der Waals surface area contributed by atoms with E-state index in [0.29, 0.717) is 64.4 Å². The molecule has 2 atom stereocenters. The lowest BCUT2D eigenvalue weighted by atomic mass is 9.57. The molecule has 0 unspecified atom stereocenters. The first-order valence-corrected chi connectivity index (χ1v) is 9.49. The molecule has 2 saturated heterocycles. The minimum atomic E-state index is -0.106. The second-order valence-electron chi connectivity index (χ2n) is 7.60. The Hall–Kier alpha value is -1.14. The summed E-state index contributed by atoms with van der Waals surface area (Å²) in [5.74, 6) is 0.983. The van der Waals surface area contributed by atoms with Crippen molar-refractivity contribution in [2.24, 2.45) is 23.7 Å². The molecule has 5 rings (SSSR count). The van der Waals surface area contributed by atoms with Gasteiger partial charge in [0.2, 0.25) is 11.8 Å². The number of fused-ring (bicyclic) bond motifs is 3. The van der Waals surface area contributed by atoms with Crippen molar-refractivity contribution < 1.29 is 19.1 Å². The maximum absolute atomic E-state index is 13.2. The molecule has 0 N–H and O–H groups in total. The van der Waals surface area contributed by atoms with E-state index in [1.165, 1.54) is 0 Å². The zero-order valence-corrected chi connectivity index (χ0v) is 14.3. The summed E-state index contributed by atoms with van der Waals surface area (Å²) in [5, 5.41) is 0. The molecule has 2 heterocycles. The number of carbonyl (C=O) groups excluding carboxylic acids is 2. The molecule has 5 fully saturated rings. The van der Waals surface area contributed by atoms with Crippen molar-refractivity contribution in [2.75, 3.05) is 52.6 Å². The smallest absolute Gasteiger partial charge is 0.226 e. The number of morpholine rings is 2. The maximum atomic E-state index is 13.2. The summed E-state index contributed by atoms with van der Waals surface area (Å²) in [5.41, 5.74) is 0. The predicted molar refractivity (Wildman–Crippen MR) is 87.2 cm³/mol. The van der Waals surface area contributed by atoms with Crippen molar-refractivity contribution in [1.82, 2.24) is 9.80 Å². The zero-order valence-electron chi connectivity index (χ0n) is 14.3. The lowest BCUT2D eigenvalue weighted by Gasteiger charge is -2.49. The summed E-state index contributed by atoms with van der Waals surface area (Å²) in [6, 6.07) is 0. The van der Waals surface area contributed by atoms with Crippen LogP contribution in [-0.2, 0) is 19.1 Å². The zero-order chi connectivity index (χ0) is 16.5. The van der Waals surface area contributed by atoms with Crippen LogP contribution in [0.25, 0.3) is 0 Å². The van der Waals surface area contributed by atoms with Crippen molar-refractivity contribution in [3.63, 3.8) is 0 Å². The van der Waals surface area contributed by atoms with Crippen molar-refractivity contribution in [2.45, 2.75) is 25.7 Å². The van der Waals surface area contributed by atoms with Gasteiger partial charge in [0, 0.05) is 26.2 Å². The normalized spacial score (nSPS) is 36.7. The van der Waals surface area contributed by atoms with Crippen molar-refractivity contribution in [3.8, 4) is 0 Å². The van der Waals surface area contributed by atoms with E-state index in [1.807, 2.05) is 9.80 Å². The van der Waals surface area contributed by atoms with Crippen LogP contribution in [0.3, 0.4) is 0 Å². The molecule has 0 aromatic rings. The Labute approximate surface area is 143 Å².